The van der Waals surface area contributed by atoms with E-state index in [1.807, 2.05) is 20.0 Å². The first-order valence-corrected chi connectivity index (χ1v) is 8.63. The molecule has 2 aliphatic heterocycles. The maximum absolute atomic E-state index is 12.2. The van der Waals surface area contributed by atoms with Gasteiger partial charge in [0.25, 0.3) is 0 Å². The van der Waals surface area contributed by atoms with Crippen LogP contribution in [0.2, 0.25) is 0 Å². The molecule has 8 heteroatoms. The Balaban J connectivity index is 2.09. The Hall–Kier alpha value is -0.990. The molecule has 0 bridgehead atoms. The molecule has 2 rings (SSSR count). The molecule has 1 amide bonds. The third kappa shape index (κ3) is 4.02. The quantitative estimate of drug-likeness (QED) is 0.780. The van der Waals surface area contributed by atoms with Crippen LogP contribution in [0.4, 0.5) is 0 Å². The van der Waals surface area contributed by atoms with Crippen molar-refractivity contribution in [2.24, 2.45) is 0 Å². The Morgan fingerprint density at radius 3 is 2.86 bits per heavy atom. The van der Waals surface area contributed by atoms with Crippen molar-refractivity contribution in [2.75, 3.05) is 25.9 Å². The molecule has 1 atom stereocenters. The molecule has 2 fully saturated rings. The topological polar surface area (TPSA) is 60.9 Å². The van der Waals surface area contributed by atoms with Gasteiger partial charge in [-0.05, 0) is 13.0 Å². The van der Waals surface area contributed by atoms with Crippen LogP contribution < -0.4 is 0 Å². The van der Waals surface area contributed by atoms with E-state index in [-0.39, 0.29) is 12.5 Å². The van der Waals surface area contributed by atoms with E-state index >= 15 is 0 Å². The van der Waals surface area contributed by atoms with Gasteiger partial charge in [0.05, 0.1) is 5.03 Å². The van der Waals surface area contributed by atoms with E-state index in [1.165, 1.54) is 16.8 Å². The number of aliphatic carboxylic acids is 1. The van der Waals surface area contributed by atoms with Crippen LogP contribution in [0.5, 0.6) is 0 Å². The van der Waals surface area contributed by atoms with Crippen molar-refractivity contribution >= 4 is 51.9 Å². The minimum absolute atomic E-state index is 0.252. The number of carbonyl (C=O) groups excluding carboxylic acids is 1. The Labute approximate surface area is 137 Å². The molecule has 0 spiro atoms. The number of amides is 1. The largest absolute Gasteiger partial charge is 0.480 e. The Kier molecular flexibility index (Phi) is 5.34. The average molecular weight is 344 g/mol. The SMILES string of the molecule is CC(/C=C1\SCCN1C)=C\C1SC(=S)N(CC(=O)O)C1=O. The second-order valence-corrected chi connectivity index (χ2v) is 7.68. The summed E-state index contributed by atoms with van der Waals surface area (Å²) in [6, 6.07) is 0. The van der Waals surface area contributed by atoms with E-state index in [0.29, 0.717) is 4.32 Å². The molecule has 2 aliphatic rings. The Morgan fingerprint density at radius 2 is 2.29 bits per heavy atom. The maximum atomic E-state index is 12.2. The number of carbonyl (C=O) groups is 2. The van der Waals surface area contributed by atoms with E-state index in [0.717, 1.165) is 22.8 Å². The summed E-state index contributed by atoms with van der Waals surface area (Å²) in [6.07, 6.45) is 3.90. The fourth-order valence-electron chi connectivity index (χ4n) is 1.99. The molecule has 2 heterocycles. The summed E-state index contributed by atoms with van der Waals surface area (Å²) in [4.78, 5) is 26.2. The van der Waals surface area contributed by atoms with E-state index < -0.39 is 11.2 Å². The molecular weight excluding hydrogens is 328 g/mol. The normalized spacial score (nSPS) is 25.3. The molecule has 5 nitrogen and oxygen atoms in total. The number of allylic oxidation sites excluding steroid dienone is 2. The van der Waals surface area contributed by atoms with E-state index in [1.54, 1.807) is 11.8 Å². The maximum Gasteiger partial charge on any atom is 0.323 e. The fraction of sp³-hybridized carbons (Fsp3) is 0.462. The fourth-order valence-corrected chi connectivity index (χ4v) is 4.62. The van der Waals surface area contributed by atoms with Crippen molar-refractivity contribution in [3.05, 3.63) is 22.8 Å². The average Bonchev–Trinajstić information content (AvgIpc) is 2.89. The first-order chi connectivity index (χ1) is 9.88. The van der Waals surface area contributed by atoms with Crippen molar-refractivity contribution < 1.29 is 14.7 Å². The molecule has 0 aromatic carbocycles. The molecular formula is C13H16N2O3S3. The second kappa shape index (κ2) is 6.85. The van der Waals surface area contributed by atoms with Crippen molar-refractivity contribution in [1.82, 2.24) is 9.80 Å². The zero-order valence-corrected chi connectivity index (χ0v) is 14.2. The molecule has 2 saturated heterocycles. The van der Waals surface area contributed by atoms with Crippen LogP contribution in [0, 0.1) is 0 Å². The van der Waals surface area contributed by atoms with Crippen molar-refractivity contribution in [3.63, 3.8) is 0 Å². The minimum Gasteiger partial charge on any atom is -0.480 e. The Morgan fingerprint density at radius 1 is 1.57 bits per heavy atom. The standard InChI is InChI=1S/C13H16N2O3S3/c1-8(6-10-14(2)3-4-20-10)5-9-12(18)15(7-11(16)17)13(19)21-9/h5-6,9H,3-4,7H2,1-2H3,(H,16,17)/b8-5+,10-6-. The molecule has 1 N–H and O–H groups in total. The summed E-state index contributed by atoms with van der Waals surface area (Å²) < 4.78 is 0.330. The Bertz CT molecular complexity index is 545. The highest BCUT2D eigenvalue weighted by atomic mass is 32.2. The van der Waals surface area contributed by atoms with Gasteiger partial charge in [0, 0.05) is 19.3 Å². The third-order valence-electron chi connectivity index (χ3n) is 3.07. The number of thioether (sulfide) groups is 2. The van der Waals surface area contributed by atoms with Crippen LogP contribution in [-0.4, -0.2) is 62.2 Å². The third-order valence-corrected chi connectivity index (χ3v) is 5.70. The van der Waals surface area contributed by atoms with Crippen LogP contribution >= 0.6 is 35.7 Å². The van der Waals surface area contributed by atoms with Crippen molar-refractivity contribution in [2.45, 2.75) is 12.2 Å². The number of carboxylic acids is 1. The molecule has 0 aromatic heterocycles. The van der Waals surface area contributed by atoms with Crippen LogP contribution in [0.25, 0.3) is 0 Å². The van der Waals surface area contributed by atoms with Gasteiger partial charge in [-0.25, -0.2) is 0 Å². The van der Waals surface area contributed by atoms with Gasteiger partial charge in [0.2, 0.25) is 5.91 Å². The van der Waals surface area contributed by atoms with Gasteiger partial charge in [-0.15, -0.1) is 11.8 Å². The van der Waals surface area contributed by atoms with Gasteiger partial charge in [-0.1, -0.05) is 35.6 Å². The summed E-state index contributed by atoms with van der Waals surface area (Å²) in [7, 11) is 2.04. The second-order valence-electron chi connectivity index (χ2n) is 4.79. The van der Waals surface area contributed by atoms with Crippen molar-refractivity contribution in [1.29, 1.82) is 0 Å². The summed E-state index contributed by atoms with van der Waals surface area (Å²) >= 11 is 8.09. The number of nitrogens with zero attached hydrogens (tertiary/aromatic N) is 2. The molecule has 0 aliphatic carbocycles. The van der Waals surface area contributed by atoms with Crippen LogP contribution in [-0.2, 0) is 9.59 Å². The first-order valence-electron chi connectivity index (χ1n) is 6.36. The molecule has 21 heavy (non-hydrogen) atoms. The highest BCUT2D eigenvalue weighted by molar-refractivity contribution is 8.24. The highest BCUT2D eigenvalue weighted by Gasteiger charge is 2.36. The van der Waals surface area contributed by atoms with E-state index in [4.69, 9.17) is 17.3 Å². The zero-order chi connectivity index (χ0) is 15.6. The summed E-state index contributed by atoms with van der Waals surface area (Å²) in [5, 5.41) is 9.56. The molecule has 0 radical (unpaired) electrons. The molecule has 0 aromatic rings. The van der Waals surface area contributed by atoms with Gasteiger partial charge in [-0.2, -0.15) is 0 Å². The number of carboxylic acid groups (broad SMARTS) is 1. The van der Waals surface area contributed by atoms with Gasteiger partial charge >= 0.3 is 5.97 Å². The lowest BCUT2D eigenvalue weighted by Gasteiger charge is -2.12. The van der Waals surface area contributed by atoms with Gasteiger partial charge < -0.3 is 10.0 Å². The zero-order valence-electron chi connectivity index (χ0n) is 11.7. The van der Waals surface area contributed by atoms with Crippen LogP contribution in [0.15, 0.2) is 22.8 Å². The molecule has 1 unspecified atom stereocenters. The predicted octanol–water partition coefficient (Wildman–Crippen LogP) is 1.77. The number of hydrogen-bond donors (Lipinski definition) is 1. The monoisotopic (exact) mass is 344 g/mol. The lowest BCUT2D eigenvalue weighted by molar-refractivity contribution is -0.141. The number of thiocarbonyl (C=S) groups is 1. The summed E-state index contributed by atoms with van der Waals surface area (Å²) in [5.74, 6) is -0.236. The predicted molar refractivity (Wildman–Crippen MR) is 90.3 cm³/mol. The van der Waals surface area contributed by atoms with Gasteiger partial charge in [0.1, 0.15) is 16.1 Å². The number of rotatable bonds is 4. The lowest BCUT2D eigenvalue weighted by Crippen LogP contribution is -2.35. The van der Waals surface area contributed by atoms with E-state index in [9.17, 15) is 9.59 Å². The smallest absolute Gasteiger partial charge is 0.323 e. The molecule has 114 valence electrons. The van der Waals surface area contributed by atoms with Crippen LogP contribution in [0.3, 0.4) is 0 Å². The number of hydrogen-bond acceptors (Lipinski definition) is 6. The van der Waals surface area contributed by atoms with Gasteiger partial charge in [-0.3, -0.25) is 14.5 Å². The highest BCUT2D eigenvalue weighted by Crippen LogP contribution is 2.31. The molecule has 0 saturated carbocycles. The van der Waals surface area contributed by atoms with E-state index in [2.05, 4.69) is 11.0 Å². The summed E-state index contributed by atoms with van der Waals surface area (Å²) in [6.45, 7) is 2.60. The minimum atomic E-state index is -1.06. The first kappa shape index (κ1) is 16.4. The van der Waals surface area contributed by atoms with Crippen LogP contribution in [0.1, 0.15) is 6.92 Å². The van der Waals surface area contributed by atoms with Crippen molar-refractivity contribution in [3.8, 4) is 0 Å². The summed E-state index contributed by atoms with van der Waals surface area (Å²) in [5.41, 5.74) is 0.983. The lowest BCUT2D eigenvalue weighted by atomic mass is 10.2. The van der Waals surface area contributed by atoms with Gasteiger partial charge in [0.15, 0.2) is 0 Å².